The van der Waals surface area contributed by atoms with Gasteiger partial charge >= 0.3 is 0 Å². The van der Waals surface area contributed by atoms with Crippen molar-refractivity contribution < 1.29 is 18.7 Å². The van der Waals surface area contributed by atoms with Gasteiger partial charge in [0.05, 0.1) is 12.9 Å². The number of furan rings is 1. The minimum atomic E-state index is 0.0682. The number of nitrogens with zero attached hydrogens (tertiary/aromatic N) is 2. The van der Waals surface area contributed by atoms with Crippen LogP contribution in [0.1, 0.15) is 6.42 Å². The fraction of sp³-hybridized carbons (Fsp3) is 0.300. The van der Waals surface area contributed by atoms with Crippen LogP contribution in [0.25, 0.3) is 21.9 Å². The maximum absolute atomic E-state index is 12.2. The average molecular weight is 384 g/mol. The second-order valence-corrected chi connectivity index (χ2v) is 7.14. The van der Waals surface area contributed by atoms with Crippen molar-refractivity contribution >= 4 is 50.5 Å². The molecule has 6 nitrogen and oxygen atoms in total. The Balaban J connectivity index is 1.74. The summed E-state index contributed by atoms with van der Waals surface area (Å²) in [4.78, 5) is 18.6. The van der Waals surface area contributed by atoms with Gasteiger partial charge in [0, 0.05) is 37.1 Å². The van der Waals surface area contributed by atoms with Gasteiger partial charge in [-0.2, -0.15) is 0 Å². The first-order chi connectivity index (χ1) is 13.2. The van der Waals surface area contributed by atoms with Gasteiger partial charge in [-0.25, -0.2) is 4.99 Å². The second kappa shape index (κ2) is 7.62. The number of thioether (sulfide) groups is 1. The zero-order valence-electron chi connectivity index (χ0n) is 15.2. The Bertz CT molecular complexity index is 1030. The highest BCUT2D eigenvalue weighted by atomic mass is 32.2. The molecule has 27 heavy (non-hydrogen) atoms. The van der Waals surface area contributed by atoms with Crippen molar-refractivity contribution in [3.63, 3.8) is 0 Å². The van der Waals surface area contributed by atoms with Gasteiger partial charge in [0.2, 0.25) is 5.91 Å². The molecule has 1 aliphatic heterocycles. The Kier molecular flexibility index (Phi) is 5.05. The largest absolute Gasteiger partial charge is 0.494 e. The first-order valence-corrected chi connectivity index (χ1v) is 9.70. The van der Waals surface area contributed by atoms with E-state index in [2.05, 4.69) is 0 Å². The Hall–Kier alpha value is -2.51. The van der Waals surface area contributed by atoms with E-state index in [1.54, 1.807) is 19.1 Å². The van der Waals surface area contributed by atoms with Crippen LogP contribution in [0.5, 0.6) is 5.75 Å². The number of carbonyl (C=O) groups excluding carboxylic acids is 1. The molecule has 1 saturated heterocycles. The number of carbonyl (C=O) groups is 1. The Labute approximate surface area is 161 Å². The summed E-state index contributed by atoms with van der Waals surface area (Å²) in [6, 6.07) is 11.7. The molecule has 0 N–H and O–H groups in total. The van der Waals surface area contributed by atoms with Crippen molar-refractivity contribution in [1.82, 2.24) is 4.90 Å². The van der Waals surface area contributed by atoms with Crippen molar-refractivity contribution in [1.29, 1.82) is 0 Å². The molecule has 140 valence electrons. The summed E-state index contributed by atoms with van der Waals surface area (Å²) >= 11 is 1.44. The van der Waals surface area contributed by atoms with Gasteiger partial charge in [0.25, 0.3) is 0 Å². The standard InChI is InChI=1S/C20H20N2O4S/c1-24-9-5-8-22-19(23)12-27-20(22)21-15-11-17-14(10-18(15)25-2)13-6-3-4-7-16(13)26-17/h3-4,6-7,10-11H,5,8-9,12H2,1-2H3. The molecule has 3 aromatic rings. The predicted octanol–water partition coefficient (Wildman–Crippen LogP) is 4.19. The maximum atomic E-state index is 12.2. The molecule has 0 atom stereocenters. The van der Waals surface area contributed by atoms with Crippen LogP contribution in [0.15, 0.2) is 45.8 Å². The number of hydrogen-bond acceptors (Lipinski definition) is 6. The monoisotopic (exact) mass is 384 g/mol. The van der Waals surface area contributed by atoms with Gasteiger partial charge < -0.3 is 13.9 Å². The minimum absolute atomic E-state index is 0.0682. The summed E-state index contributed by atoms with van der Waals surface area (Å²) in [7, 11) is 3.28. The van der Waals surface area contributed by atoms with E-state index in [4.69, 9.17) is 18.9 Å². The van der Waals surface area contributed by atoms with Crippen LogP contribution in [-0.4, -0.2) is 49.1 Å². The molecule has 0 unspecified atom stereocenters. The molecular formula is C20H20N2O4S. The number of para-hydroxylation sites is 1. The summed E-state index contributed by atoms with van der Waals surface area (Å²) < 4.78 is 16.6. The van der Waals surface area contributed by atoms with Crippen LogP contribution in [-0.2, 0) is 9.53 Å². The number of amides is 1. The molecular weight excluding hydrogens is 364 g/mol. The SMILES string of the molecule is COCCCN1C(=O)CSC1=Nc1cc2oc3ccccc3c2cc1OC. The molecule has 2 heterocycles. The lowest BCUT2D eigenvalue weighted by Gasteiger charge is -2.16. The number of amidine groups is 1. The number of rotatable bonds is 6. The molecule has 2 aromatic carbocycles. The summed E-state index contributed by atoms with van der Waals surface area (Å²) in [5.41, 5.74) is 2.22. The van der Waals surface area contributed by atoms with E-state index < -0.39 is 0 Å². The normalized spacial score (nSPS) is 16.1. The lowest BCUT2D eigenvalue weighted by molar-refractivity contribution is -0.124. The van der Waals surface area contributed by atoms with Crippen molar-refractivity contribution in [3.8, 4) is 5.75 Å². The smallest absolute Gasteiger partial charge is 0.239 e. The van der Waals surface area contributed by atoms with Crippen molar-refractivity contribution in [2.75, 3.05) is 33.1 Å². The first-order valence-electron chi connectivity index (χ1n) is 8.71. The molecule has 0 bridgehead atoms. The quantitative estimate of drug-likeness (QED) is 0.596. The molecule has 0 radical (unpaired) electrons. The van der Waals surface area contributed by atoms with E-state index in [9.17, 15) is 4.79 Å². The Morgan fingerprint density at radius 3 is 2.85 bits per heavy atom. The van der Waals surface area contributed by atoms with Crippen LogP contribution >= 0.6 is 11.8 Å². The molecule has 4 rings (SSSR count). The maximum Gasteiger partial charge on any atom is 0.239 e. The molecule has 1 aromatic heterocycles. The van der Waals surface area contributed by atoms with Gasteiger partial charge in [-0.05, 0) is 18.6 Å². The number of ether oxygens (including phenoxy) is 2. The van der Waals surface area contributed by atoms with Crippen LogP contribution in [0, 0.1) is 0 Å². The van der Waals surface area contributed by atoms with Crippen LogP contribution in [0.4, 0.5) is 5.69 Å². The first kappa shape index (κ1) is 17.9. The third kappa shape index (κ3) is 3.40. The molecule has 1 aliphatic rings. The number of fused-ring (bicyclic) bond motifs is 3. The fourth-order valence-corrected chi connectivity index (χ4v) is 4.08. The van der Waals surface area contributed by atoms with E-state index in [0.717, 1.165) is 28.4 Å². The topological polar surface area (TPSA) is 64.3 Å². The number of aliphatic imine (C=N–C) groups is 1. The lowest BCUT2D eigenvalue weighted by Crippen LogP contribution is -2.31. The van der Waals surface area contributed by atoms with Gasteiger partial charge in [0.1, 0.15) is 22.6 Å². The van der Waals surface area contributed by atoms with E-state index in [1.165, 1.54) is 11.8 Å². The molecule has 0 saturated carbocycles. The van der Waals surface area contributed by atoms with Crippen LogP contribution in [0.2, 0.25) is 0 Å². The summed E-state index contributed by atoms with van der Waals surface area (Å²) in [5, 5.41) is 2.71. The van der Waals surface area contributed by atoms with Gasteiger partial charge in [-0.3, -0.25) is 9.69 Å². The number of hydrogen-bond donors (Lipinski definition) is 0. The molecule has 7 heteroatoms. The highest BCUT2D eigenvalue weighted by Gasteiger charge is 2.28. The predicted molar refractivity (Wildman–Crippen MR) is 108 cm³/mol. The Morgan fingerprint density at radius 2 is 2.04 bits per heavy atom. The summed E-state index contributed by atoms with van der Waals surface area (Å²) in [6.07, 6.45) is 0.765. The molecule has 0 aliphatic carbocycles. The van der Waals surface area contributed by atoms with E-state index >= 15 is 0 Å². The van der Waals surface area contributed by atoms with Crippen molar-refractivity contribution in [2.45, 2.75) is 6.42 Å². The van der Waals surface area contributed by atoms with Gasteiger partial charge in [-0.15, -0.1) is 0 Å². The summed E-state index contributed by atoms with van der Waals surface area (Å²) in [6.45, 7) is 1.20. The van der Waals surface area contributed by atoms with E-state index in [1.807, 2.05) is 36.4 Å². The van der Waals surface area contributed by atoms with Crippen molar-refractivity contribution in [2.24, 2.45) is 4.99 Å². The highest BCUT2D eigenvalue weighted by Crippen LogP contribution is 2.38. The Morgan fingerprint density at radius 1 is 1.19 bits per heavy atom. The van der Waals surface area contributed by atoms with E-state index in [0.29, 0.717) is 35.5 Å². The van der Waals surface area contributed by atoms with E-state index in [-0.39, 0.29) is 5.91 Å². The fourth-order valence-electron chi connectivity index (χ4n) is 3.16. The molecule has 1 amide bonds. The van der Waals surface area contributed by atoms with Crippen LogP contribution in [0.3, 0.4) is 0 Å². The minimum Gasteiger partial charge on any atom is -0.494 e. The summed E-state index contributed by atoms with van der Waals surface area (Å²) in [5.74, 6) is 1.12. The third-order valence-corrected chi connectivity index (χ3v) is 5.44. The number of methoxy groups -OCH3 is 2. The second-order valence-electron chi connectivity index (χ2n) is 6.19. The average Bonchev–Trinajstić information content (AvgIpc) is 3.21. The zero-order valence-corrected chi connectivity index (χ0v) is 16.0. The zero-order chi connectivity index (χ0) is 18.8. The van der Waals surface area contributed by atoms with Gasteiger partial charge in [0.15, 0.2) is 5.17 Å². The van der Waals surface area contributed by atoms with Gasteiger partial charge in [-0.1, -0.05) is 30.0 Å². The molecule has 1 fully saturated rings. The van der Waals surface area contributed by atoms with Crippen molar-refractivity contribution in [3.05, 3.63) is 36.4 Å². The highest BCUT2D eigenvalue weighted by molar-refractivity contribution is 8.15. The molecule has 0 spiro atoms. The number of benzene rings is 2. The third-order valence-electron chi connectivity index (χ3n) is 4.48. The lowest BCUT2D eigenvalue weighted by atomic mass is 10.1. The van der Waals surface area contributed by atoms with Crippen LogP contribution < -0.4 is 4.74 Å².